The Hall–Kier alpha value is -2.64. The lowest BCUT2D eigenvalue weighted by Gasteiger charge is -2.27. The number of halogens is 2. The van der Waals surface area contributed by atoms with Crippen molar-refractivity contribution in [1.82, 2.24) is 4.98 Å². The fourth-order valence-electron chi connectivity index (χ4n) is 4.06. The predicted octanol–water partition coefficient (Wildman–Crippen LogP) is 6.63. The van der Waals surface area contributed by atoms with E-state index in [2.05, 4.69) is 91.0 Å². The molecule has 5 rings (SSSR count). The summed E-state index contributed by atoms with van der Waals surface area (Å²) in [6.45, 7) is 0. The lowest BCUT2D eigenvalue weighted by Crippen LogP contribution is -2.32. The van der Waals surface area contributed by atoms with Gasteiger partial charge in [0, 0.05) is 0 Å². The molecule has 0 radical (unpaired) electrons. The van der Waals surface area contributed by atoms with Crippen LogP contribution in [0.1, 0.15) is 5.69 Å². The van der Waals surface area contributed by atoms with Crippen LogP contribution in [0.25, 0.3) is 11.1 Å². The molecule has 0 amide bonds. The van der Waals surface area contributed by atoms with E-state index in [4.69, 9.17) is 32.6 Å². The van der Waals surface area contributed by atoms with E-state index in [-0.39, 0.29) is 5.22 Å². The summed E-state index contributed by atoms with van der Waals surface area (Å²) in [7, 11) is -2.03. The Labute approximate surface area is 191 Å². The van der Waals surface area contributed by atoms with Crippen LogP contribution < -0.4 is 15.9 Å². The lowest BCUT2D eigenvalue weighted by atomic mass is 10.3. The maximum atomic E-state index is 6.36. The van der Waals surface area contributed by atoms with Gasteiger partial charge in [-0.2, -0.15) is 0 Å². The molecule has 0 aliphatic carbocycles. The van der Waals surface area contributed by atoms with Gasteiger partial charge in [0.05, 0.1) is 5.69 Å². The van der Waals surface area contributed by atoms with Crippen molar-refractivity contribution in [3.05, 3.63) is 119 Å². The zero-order chi connectivity index (χ0) is 21.3. The predicted molar refractivity (Wildman–Crippen MR) is 133 cm³/mol. The SMILES string of the molecule is Clc1oc2ccc(C[P+](c3ccccc3)(c3ccccc3)c3ccccc3)nc2c1Cl. The van der Waals surface area contributed by atoms with Crippen molar-refractivity contribution in [2.75, 3.05) is 0 Å². The maximum absolute atomic E-state index is 6.36. The van der Waals surface area contributed by atoms with E-state index in [0.29, 0.717) is 16.1 Å². The number of nitrogens with zero attached hydrogens (tertiary/aromatic N) is 1. The van der Waals surface area contributed by atoms with E-state index in [1.807, 2.05) is 12.1 Å². The van der Waals surface area contributed by atoms with Crippen LogP contribution in [0.4, 0.5) is 0 Å². The van der Waals surface area contributed by atoms with Crippen LogP contribution >= 0.6 is 30.5 Å². The fourth-order valence-corrected chi connectivity index (χ4v) is 8.55. The molecule has 0 spiro atoms. The van der Waals surface area contributed by atoms with Crippen LogP contribution in [0, 0.1) is 0 Å². The van der Waals surface area contributed by atoms with E-state index in [0.717, 1.165) is 11.9 Å². The summed E-state index contributed by atoms with van der Waals surface area (Å²) < 4.78 is 5.52. The average Bonchev–Trinajstić information content (AvgIpc) is 3.12. The second-order valence-corrected chi connectivity index (χ2v) is 11.5. The number of pyridine rings is 1. The number of rotatable bonds is 5. The highest BCUT2D eigenvalue weighted by atomic mass is 35.5. The van der Waals surface area contributed by atoms with Crippen molar-refractivity contribution in [3.63, 3.8) is 0 Å². The van der Waals surface area contributed by atoms with Gasteiger partial charge in [-0.15, -0.1) is 0 Å². The third-order valence-electron chi connectivity index (χ3n) is 5.49. The van der Waals surface area contributed by atoms with Crippen molar-refractivity contribution in [2.24, 2.45) is 0 Å². The van der Waals surface area contributed by atoms with Crippen molar-refractivity contribution < 1.29 is 4.42 Å². The highest BCUT2D eigenvalue weighted by molar-refractivity contribution is 7.95. The molecule has 2 nitrogen and oxygen atoms in total. The van der Waals surface area contributed by atoms with Gasteiger partial charge in [-0.3, -0.25) is 0 Å². The summed E-state index contributed by atoms with van der Waals surface area (Å²) in [4.78, 5) is 4.87. The molecule has 31 heavy (non-hydrogen) atoms. The minimum Gasteiger partial charge on any atom is -0.441 e. The second-order valence-electron chi connectivity index (χ2n) is 7.31. The molecule has 2 heterocycles. The molecule has 5 heteroatoms. The molecule has 0 atom stereocenters. The molecule has 0 N–H and O–H groups in total. The Balaban J connectivity index is 1.77. The summed E-state index contributed by atoms with van der Waals surface area (Å²) in [5.74, 6) is 0. The topological polar surface area (TPSA) is 26.0 Å². The molecule has 0 bridgehead atoms. The summed E-state index contributed by atoms with van der Waals surface area (Å²) in [6.07, 6.45) is 0.764. The van der Waals surface area contributed by atoms with E-state index in [1.54, 1.807) is 0 Å². The van der Waals surface area contributed by atoms with E-state index in [9.17, 15) is 0 Å². The van der Waals surface area contributed by atoms with Gasteiger partial charge in [-0.1, -0.05) is 66.2 Å². The Morgan fingerprint density at radius 2 is 1.13 bits per heavy atom. The van der Waals surface area contributed by atoms with Gasteiger partial charge in [0.1, 0.15) is 39.9 Å². The van der Waals surface area contributed by atoms with Crippen molar-refractivity contribution in [3.8, 4) is 0 Å². The molecule has 0 saturated carbocycles. The average molecular weight is 463 g/mol. The first-order valence-corrected chi connectivity index (χ1v) is 12.7. The summed E-state index contributed by atoms with van der Waals surface area (Å²) in [6, 6.07) is 36.2. The molecule has 0 unspecified atom stereocenters. The van der Waals surface area contributed by atoms with Crippen LogP contribution in [0.5, 0.6) is 0 Å². The number of hydrogen-bond donors (Lipinski definition) is 0. The zero-order valence-corrected chi connectivity index (χ0v) is 19.0. The Morgan fingerprint density at radius 1 is 0.645 bits per heavy atom. The van der Waals surface area contributed by atoms with Crippen molar-refractivity contribution in [2.45, 2.75) is 6.16 Å². The minimum absolute atomic E-state index is 0.177. The highest BCUT2D eigenvalue weighted by Crippen LogP contribution is 2.58. The quantitative estimate of drug-likeness (QED) is 0.274. The highest BCUT2D eigenvalue weighted by Gasteiger charge is 2.45. The molecular formula is C26H19Cl2NOP+. The molecule has 0 aliphatic rings. The monoisotopic (exact) mass is 462 g/mol. The van der Waals surface area contributed by atoms with Crippen molar-refractivity contribution >= 4 is 57.5 Å². The third-order valence-corrected chi connectivity index (χ3v) is 10.5. The first kappa shape index (κ1) is 20.3. The molecular weight excluding hydrogens is 444 g/mol. The first-order valence-electron chi connectivity index (χ1n) is 9.97. The maximum Gasteiger partial charge on any atom is 0.214 e. The number of aromatic nitrogens is 1. The smallest absolute Gasteiger partial charge is 0.214 e. The van der Waals surface area contributed by atoms with Gasteiger partial charge in [0.15, 0.2) is 5.58 Å². The van der Waals surface area contributed by atoms with Gasteiger partial charge >= 0.3 is 0 Å². The standard InChI is InChI=1S/C26H19Cl2NOP/c27-24-25-23(30-26(24)28)17-16-19(29-25)18-31(20-10-4-1-5-11-20,21-12-6-2-7-13-21)22-14-8-3-9-15-22/h1-17H,18H2/q+1. The summed E-state index contributed by atoms with van der Waals surface area (Å²) >= 11 is 12.5. The minimum atomic E-state index is -2.03. The van der Waals surface area contributed by atoms with Gasteiger partial charge < -0.3 is 4.42 Å². The molecule has 0 saturated heterocycles. The van der Waals surface area contributed by atoms with Gasteiger partial charge in [0.2, 0.25) is 5.22 Å². The number of furan rings is 1. The third kappa shape index (κ3) is 3.66. The Morgan fingerprint density at radius 3 is 1.61 bits per heavy atom. The van der Waals surface area contributed by atoms with Crippen LogP contribution in [0.3, 0.4) is 0 Å². The van der Waals surface area contributed by atoms with Crippen molar-refractivity contribution in [1.29, 1.82) is 0 Å². The molecule has 5 aromatic rings. The van der Waals surface area contributed by atoms with Crippen LogP contribution in [-0.2, 0) is 6.16 Å². The first-order chi connectivity index (χ1) is 15.2. The molecule has 0 fully saturated rings. The second kappa shape index (κ2) is 8.48. The molecule has 3 aromatic carbocycles. The summed E-state index contributed by atoms with van der Waals surface area (Å²) in [5.41, 5.74) is 2.16. The number of fused-ring (bicyclic) bond motifs is 1. The lowest BCUT2D eigenvalue weighted by molar-refractivity contribution is 0.617. The fraction of sp³-hybridized carbons (Fsp3) is 0.0385. The van der Waals surface area contributed by atoms with E-state index >= 15 is 0 Å². The van der Waals surface area contributed by atoms with Gasteiger partial charge in [-0.25, -0.2) is 4.98 Å². The largest absolute Gasteiger partial charge is 0.441 e. The Bertz CT molecular complexity index is 1220. The molecule has 0 aliphatic heterocycles. The molecule has 152 valence electrons. The summed E-state index contributed by atoms with van der Waals surface area (Å²) in [5, 5.41) is 4.47. The number of benzene rings is 3. The Kier molecular flexibility index (Phi) is 5.54. The van der Waals surface area contributed by atoms with E-state index in [1.165, 1.54) is 15.9 Å². The van der Waals surface area contributed by atoms with Crippen LogP contribution in [0.15, 0.2) is 108 Å². The normalized spacial score (nSPS) is 11.7. The zero-order valence-electron chi connectivity index (χ0n) is 16.6. The van der Waals surface area contributed by atoms with E-state index < -0.39 is 7.26 Å². The van der Waals surface area contributed by atoms with Crippen LogP contribution in [-0.4, -0.2) is 4.98 Å². The number of hydrogen-bond acceptors (Lipinski definition) is 2. The molecule has 2 aromatic heterocycles. The van der Waals surface area contributed by atoms with Crippen LogP contribution in [0.2, 0.25) is 10.2 Å². The van der Waals surface area contributed by atoms with Gasteiger partial charge in [-0.05, 0) is 60.1 Å². The van der Waals surface area contributed by atoms with Gasteiger partial charge in [0.25, 0.3) is 0 Å².